The lowest BCUT2D eigenvalue weighted by Gasteiger charge is -2.49. The molecule has 1 heterocycles. The maximum Gasteiger partial charge on any atom is 0.0310 e. The van der Waals surface area contributed by atoms with E-state index in [0.717, 1.165) is 26.2 Å². The number of hydrogen-bond acceptors (Lipinski definition) is 3. The van der Waals surface area contributed by atoms with Crippen molar-refractivity contribution in [3.63, 3.8) is 0 Å². The molecule has 3 nitrogen and oxygen atoms in total. The molecule has 0 radical (unpaired) electrons. The minimum Gasteiger partial charge on any atom is -0.326 e. The first-order valence-electron chi connectivity index (χ1n) is 5.97. The van der Waals surface area contributed by atoms with Crippen LogP contribution in [0.5, 0.6) is 0 Å². The number of nitrogens with two attached hydrogens (primary N) is 1. The summed E-state index contributed by atoms with van der Waals surface area (Å²) < 4.78 is 0. The van der Waals surface area contributed by atoms with E-state index in [4.69, 9.17) is 5.73 Å². The first-order valence-corrected chi connectivity index (χ1v) is 5.97. The molecular formula is C12H27N3. The van der Waals surface area contributed by atoms with Crippen molar-refractivity contribution in [3.8, 4) is 0 Å². The van der Waals surface area contributed by atoms with Crippen molar-refractivity contribution < 1.29 is 0 Å². The molecule has 15 heavy (non-hydrogen) atoms. The maximum atomic E-state index is 6.40. The Labute approximate surface area is 94.4 Å². The molecule has 1 fully saturated rings. The average molecular weight is 213 g/mol. The third kappa shape index (κ3) is 2.92. The average Bonchev–Trinajstić information content (AvgIpc) is 2.16. The highest BCUT2D eigenvalue weighted by molar-refractivity contribution is 4.98. The van der Waals surface area contributed by atoms with Crippen LogP contribution in [0.4, 0.5) is 0 Å². The molecule has 0 amide bonds. The molecule has 0 bridgehead atoms. The van der Waals surface area contributed by atoms with Crippen LogP contribution in [0.2, 0.25) is 0 Å². The first kappa shape index (κ1) is 12.9. The van der Waals surface area contributed by atoms with E-state index < -0.39 is 0 Å². The fourth-order valence-corrected chi connectivity index (χ4v) is 2.50. The number of nitrogens with zero attached hydrogens (tertiary/aromatic N) is 1. The summed E-state index contributed by atoms with van der Waals surface area (Å²) in [5, 5.41) is 3.38. The molecule has 1 aliphatic rings. The summed E-state index contributed by atoms with van der Waals surface area (Å²) in [5.74, 6) is 0. The lowest BCUT2D eigenvalue weighted by Crippen LogP contribution is -2.64. The minimum atomic E-state index is 0.0837. The van der Waals surface area contributed by atoms with Gasteiger partial charge in [0.1, 0.15) is 0 Å². The Bertz CT molecular complexity index is 199. The Morgan fingerprint density at radius 1 is 1.07 bits per heavy atom. The summed E-state index contributed by atoms with van der Waals surface area (Å²) in [6, 6.07) is 0.197. The van der Waals surface area contributed by atoms with E-state index in [1.807, 2.05) is 0 Å². The van der Waals surface area contributed by atoms with E-state index in [0.29, 0.717) is 0 Å². The topological polar surface area (TPSA) is 41.3 Å². The van der Waals surface area contributed by atoms with Crippen LogP contribution >= 0.6 is 0 Å². The summed E-state index contributed by atoms with van der Waals surface area (Å²) in [4.78, 5) is 2.51. The lowest BCUT2D eigenvalue weighted by atomic mass is 9.75. The van der Waals surface area contributed by atoms with Gasteiger partial charge in [-0.05, 0) is 19.3 Å². The molecule has 1 saturated heterocycles. The summed E-state index contributed by atoms with van der Waals surface area (Å²) in [6.07, 6.45) is 0. The zero-order valence-corrected chi connectivity index (χ0v) is 10.9. The second-order valence-electron chi connectivity index (χ2n) is 6.23. The summed E-state index contributed by atoms with van der Waals surface area (Å²) in [7, 11) is 0. The Morgan fingerprint density at radius 2 is 1.53 bits per heavy atom. The van der Waals surface area contributed by atoms with Gasteiger partial charge in [0, 0.05) is 37.8 Å². The standard InChI is InChI=1S/C12H27N3/c1-11(2,3)10(13)12(4,5)15-8-6-14-7-9-15/h10,14H,6-9,13H2,1-5H3. The zero-order chi connectivity index (χ0) is 11.7. The SMILES string of the molecule is CC(C)(C)C(N)C(C)(C)N1CCNCC1. The third-order valence-electron chi connectivity index (χ3n) is 3.63. The highest BCUT2D eigenvalue weighted by atomic mass is 15.3. The van der Waals surface area contributed by atoms with Crippen molar-refractivity contribution in [2.24, 2.45) is 11.1 Å². The molecule has 1 unspecified atom stereocenters. The van der Waals surface area contributed by atoms with Crippen LogP contribution in [-0.2, 0) is 0 Å². The van der Waals surface area contributed by atoms with E-state index in [9.17, 15) is 0 Å². The van der Waals surface area contributed by atoms with Gasteiger partial charge in [-0.2, -0.15) is 0 Å². The van der Waals surface area contributed by atoms with Gasteiger partial charge in [-0.25, -0.2) is 0 Å². The molecule has 1 rings (SSSR count). The number of hydrogen-bond donors (Lipinski definition) is 2. The van der Waals surface area contributed by atoms with Crippen molar-refractivity contribution in [2.75, 3.05) is 26.2 Å². The van der Waals surface area contributed by atoms with Crippen molar-refractivity contribution in [3.05, 3.63) is 0 Å². The molecule has 0 aromatic carbocycles. The zero-order valence-electron chi connectivity index (χ0n) is 10.9. The van der Waals surface area contributed by atoms with Crippen LogP contribution in [0, 0.1) is 5.41 Å². The quantitative estimate of drug-likeness (QED) is 0.720. The molecule has 1 atom stereocenters. The molecule has 90 valence electrons. The van der Waals surface area contributed by atoms with Crippen molar-refractivity contribution in [2.45, 2.75) is 46.2 Å². The molecule has 0 aromatic rings. The van der Waals surface area contributed by atoms with Gasteiger partial charge in [0.25, 0.3) is 0 Å². The van der Waals surface area contributed by atoms with Gasteiger partial charge in [0.15, 0.2) is 0 Å². The van der Waals surface area contributed by atoms with Crippen molar-refractivity contribution in [1.29, 1.82) is 0 Å². The molecule has 3 N–H and O–H groups in total. The molecule has 3 heteroatoms. The molecule has 0 aliphatic carbocycles. The van der Waals surface area contributed by atoms with Crippen LogP contribution in [0.25, 0.3) is 0 Å². The minimum absolute atomic E-state index is 0.0837. The van der Waals surface area contributed by atoms with Gasteiger partial charge in [0.2, 0.25) is 0 Å². The number of rotatable bonds is 2. The van der Waals surface area contributed by atoms with E-state index in [-0.39, 0.29) is 17.0 Å². The Hall–Kier alpha value is -0.120. The van der Waals surface area contributed by atoms with E-state index in [1.54, 1.807) is 0 Å². The van der Waals surface area contributed by atoms with E-state index in [2.05, 4.69) is 44.8 Å². The van der Waals surface area contributed by atoms with Gasteiger partial charge < -0.3 is 11.1 Å². The smallest absolute Gasteiger partial charge is 0.0310 e. The van der Waals surface area contributed by atoms with E-state index in [1.165, 1.54) is 0 Å². The molecule has 0 saturated carbocycles. The van der Waals surface area contributed by atoms with Crippen molar-refractivity contribution >= 4 is 0 Å². The van der Waals surface area contributed by atoms with Crippen LogP contribution in [-0.4, -0.2) is 42.7 Å². The van der Waals surface area contributed by atoms with Gasteiger partial charge in [-0.3, -0.25) is 4.90 Å². The summed E-state index contributed by atoms with van der Waals surface area (Å²) in [6.45, 7) is 15.6. The Morgan fingerprint density at radius 3 is 1.93 bits per heavy atom. The lowest BCUT2D eigenvalue weighted by molar-refractivity contribution is 0.0433. The Balaban J connectivity index is 2.71. The highest BCUT2D eigenvalue weighted by Gasteiger charge is 2.39. The second-order valence-corrected chi connectivity index (χ2v) is 6.23. The monoisotopic (exact) mass is 213 g/mol. The fourth-order valence-electron chi connectivity index (χ4n) is 2.50. The van der Waals surface area contributed by atoms with Gasteiger partial charge in [-0.15, -0.1) is 0 Å². The predicted octanol–water partition coefficient (Wildman–Crippen LogP) is 1.04. The highest BCUT2D eigenvalue weighted by Crippen LogP contribution is 2.30. The van der Waals surface area contributed by atoms with Crippen LogP contribution in [0.1, 0.15) is 34.6 Å². The van der Waals surface area contributed by atoms with Gasteiger partial charge in [0.05, 0.1) is 0 Å². The molecule has 0 aromatic heterocycles. The maximum absolute atomic E-state index is 6.40. The van der Waals surface area contributed by atoms with Gasteiger partial charge in [-0.1, -0.05) is 20.8 Å². The predicted molar refractivity (Wildman–Crippen MR) is 66.0 cm³/mol. The third-order valence-corrected chi connectivity index (χ3v) is 3.63. The van der Waals surface area contributed by atoms with Crippen LogP contribution in [0.15, 0.2) is 0 Å². The van der Waals surface area contributed by atoms with Gasteiger partial charge >= 0.3 is 0 Å². The first-order chi connectivity index (χ1) is 6.76. The number of nitrogens with one attached hydrogen (secondary N) is 1. The number of piperazine rings is 1. The fraction of sp³-hybridized carbons (Fsp3) is 1.00. The largest absolute Gasteiger partial charge is 0.326 e. The second kappa shape index (κ2) is 4.40. The Kier molecular flexibility index (Phi) is 3.80. The molecular weight excluding hydrogens is 186 g/mol. The van der Waals surface area contributed by atoms with Crippen LogP contribution < -0.4 is 11.1 Å². The van der Waals surface area contributed by atoms with Crippen molar-refractivity contribution in [1.82, 2.24) is 10.2 Å². The molecule has 1 aliphatic heterocycles. The van der Waals surface area contributed by atoms with E-state index >= 15 is 0 Å². The van der Waals surface area contributed by atoms with Crippen LogP contribution in [0.3, 0.4) is 0 Å². The summed E-state index contributed by atoms with van der Waals surface area (Å²) in [5.41, 5.74) is 6.64. The summed E-state index contributed by atoms with van der Waals surface area (Å²) >= 11 is 0. The molecule has 0 spiro atoms. The normalized spacial score (nSPS) is 22.8.